The highest BCUT2D eigenvalue weighted by molar-refractivity contribution is 5.94. The number of fused-ring (bicyclic) bond motifs is 1. The third-order valence-electron chi connectivity index (χ3n) is 7.34. The fourth-order valence-corrected chi connectivity index (χ4v) is 5.35. The minimum absolute atomic E-state index is 0.0176. The van der Waals surface area contributed by atoms with E-state index in [0.717, 1.165) is 22.5 Å². The van der Waals surface area contributed by atoms with Gasteiger partial charge in [-0.25, -0.2) is 13.6 Å². The number of hydrogen-bond acceptors (Lipinski definition) is 5. The van der Waals surface area contributed by atoms with Crippen molar-refractivity contribution in [1.29, 1.82) is 0 Å². The van der Waals surface area contributed by atoms with Gasteiger partial charge in [0.1, 0.15) is 17.2 Å². The summed E-state index contributed by atoms with van der Waals surface area (Å²) in [6, 6.07) is 18.2. The van der Waals surface area contributed by atoms with Crippen molar-refractivity contribution in [3.8, 4) is 11.1 Å². The van der Waals surface area contributed by atoms with Crippen LogP contribution >= 0.6 is 0 Å². The number of nitrogens with two attached hydrogens (primary N) is 1. The molecular formula is C36H35F2N5O4. The van der Waals surface area contributed by atoms with Gasteiger partial charge in [0, 0.05) is 47.0 Å². The number of alkyl carbamates (subject to hydrolysis) is 1. The number of amides is 3. The molecule has 0 saturated heterocycles. The molecule has 0 fully saturated rings. The van der Waals surface area contributed by atoms with Gasteiger partial charge in [-0.1, -0.05) is 24.3 Å². The zero-order chi connectivity index (χ0) is 33.7. The van der Waals surface area contributed by atoms with Crippen LogP contribution in [0.2, 0.25) is 0 Å². The number of benzene rings is 3. The Bertz CT molecular complexity index is 1930. The first-order valence-corrected chi connectivity index (χ1v) is 15.0. The SMILES string of the molecule is CC(C)(C)OC(=O)NCc1ccc2[nH]cc(CC(=O)N[C@@H](Cc3cc(F)cc(F)c3)c3ncccc3-c3cccc(C(N)=O)c3)c2c1. The fraction of sp³-hybridized carbons (Fsp3) is 0.222. The second kappa shape index (κ2) is 13.8. The molecule has 11 heteroatoms. The average Bonchev–Trinajstić information content (AvgIpc) is 3.40. The van der Waals surface area contributed by atoms with Crippen LogP contribution in [0.4, 0.5) is 13.6 Å². The predicted molar refractivity (Wildman–Crippen MR) is 174 cm³/mol. The Hall–Kier alpha value is -5.58. The van der Waals surface area contributed by atoms with Gasteiger partial charge in [-0.15, -0.1) is 0 Å². The van der Waals surface area contributed by atoms with Crippen LogP contribution in [0.25, 0.3) is 22.0 Å². The van der Waals surface area contributed by atoms with Crippen molar-refractivity contribution >= 4 is 28.8 Å². The first-order valence-electron chi connectivity index (χ1n) is 15.0. The Labute approximate surface area is 270 Å². The molecular weight excluding hydrogens is 604 g/mol. The van der Waals surface area contributed by atoms with Gasteiger partial charge in [0.15, 0.2) is 0 Å². The summed E-state index contributed by atoms with van der Waals surface area (Å²) in [6.07, 6.45) is 2.79. The van der Waals surface area contributed by atoms with E-state index in [9.17, 15) is 23.2 Å². The maximum Gasteiger partial charge on any atom is 0.407 e. The van der Waals surface area contributed by atoms with Gasteiger partial charge < -0.3 is 26.1 Å². The van der Waals surface area contributed by atoms with Crippen LogP contribution < -0.4 is 16.4 Å². The first-order chi connectivity index (χ1) is 22.3. The molecule has 5 N–H and O–H groups in total. The lowest BCUT2D eigenvalue weighted by Gasteiger charge is -2.22. The van der Waals surface area contributed by atoms with Crippen molar-refractivity contribution < 1.29 is 27.9 Å². The van der Waals surface area contributed by atoms with Crippen molar-refractivity contribution in [2.24, 2.45) is 5.73 Å². The molecule has 242 valence electrons. The molecule has 5 rings (SSSR count). The zero-order valence-corrected chi connectivity index (χ0v) is 26.2. The molecule has 2 aromatic heterocycles. The number of aromatic amines is 1. The van der Waals surface area contributed by atoms with Crippen molar-refractivity contribution in [2.75, 3.05) is 0 Å². The van der Waals surface area contributed by atoms with E-state index in [2.05, 4.69) is 20.6 Å². The Morgan fingerprint density at radius 3 is 2.45 bits per heavy atom. The third kappa shape index (κ3) is 8.57. The molecule has 47 heavy (non-hydrogen) atoms. The number of halogens is 2. The number of carbonyl (C=O) groups excluding carboxylic acids is 3. The number of pyridine rings is 1. The molecule has 3 amide bonds. The van der Waals surface area contributed by atoms with Crippen LogP contribution in [0, 0.1) is 11.6 Å². The van der Waals surface area contributed by atoms with Crippen molar-refractivity contribution in [1.82, 2.24) is 20.6 Å². The van der Waals surface area contributed by atoms with E-state index >= 15 is 0 Å². The molecule has 1 atom stereocenters. The number of ether oxygens (including phenoxy) is 1. The quantitative estimate of drug-likeness (QED) is 0.143. The summed E-state index contributed by atoms with van der Waals surface area (Å²) >= 11 is 0. The van der Waals surface area contributed by atoms with E-state index in [1.165, 1.54) is 12.1 Å². The van der Waals surface area contributed by atoms with Crippen LogP contribution in [0.15, 0.2) is 85.2 Å². The van der Waals surface area contributed by atoms with Gasteiger partial charge in [0.25, 0.3) is 0 Å². The summed E-state index contributed by atoms with van der Waals surface area (Å²) in [5.74, 6) is -2.43. The molecule has 5 aromatic rings. The van der Waals surface area contributed by atoms with Crippen LogP contribution in [0.5, 0.6) is 0 Å². The molecule has 0 unspecified atom stereocenters. The topological polar surface area (TPSA) is 139 Å². The van der Waals surface area contributed by atoms with E-state index in [0.29, 0.717) is 33.5 Å². The molecule has 9 nitrogen and oxygen atoms in total. The highest BCUT2D eigenvalue weighted by Gasteiger charge is 2.23. The lowest BCUT2D eigenvalue weighted by Crippen LogP contribution is -2.32. The summed E-state index contributed by atoms with van der Waals surface area (Å²) in [5.41, 5.74) is 9.54. The smallest absolute Gasteiger partial charge is 0.407 e. The molecule has 0 radical (unpaired) electrons. The van der Waals surface area contributed by atoms with Crippen LogP contribution in [0.1, 0.15) is 59.6 Å². The Morgan fingerprint density at radius 1 is 0.957 bits per heavy atom. The van der Waals surface area contributed by atoms with E-state index in [1.54, 1.807) is 69.6 Å². The van der Waals surface area contributed by atoms with Gasteiger partial charge in [0.2, 0.25) is 11.8 Å². The molecule has 3 aromatic carbocycles. The van der Waals surface area contributed by atoms with Crippen LogP contribution in [-0.4, -0.2) is 33.5 Å². The maximum atomic E-state index is 14.2. The summed E-state index contributed by atoms with van der Waals surface area (Å²) < 4.78 is 33.7. The molecule has 0 aliphatic rings. The molecule has 0 bridgehead atoms. The van der Waals surface area contributed by atoms with Gasteiger partial charge in [-0.2, -0.15) is 0 Å². The number of primary amides is 1. The minimum atomic E-state index is -0.795. The van der Waals surface area contributed by atoms with Crippen molar-refractivity contribution in [3.05, 3.63) is 125 Å². The lowest BCUT2D eigenvalue weighted by molar-refractivity contribution is -0.121. The fourth-order valence-electron chi connectivity index (χ4n) is 5.35. The van der Waals surface area contributed by atoms with Gasteiger partial charge in [0.05, 0.1) is 18.2 Å². The van der Waals surface area contributed by atoms with E-state index in [-0.39, 0.29) is 25.3 Å². The Balaban J connectivity index is 1.42. The second-order valence-corrected chi connectivity index (χ2v) is 12.2. The standard InChI is InChI=1S/C36H35F2N5O4/c1-36(2,3)47-35(46)42-19-21-9-10-30-29(14-21)25(20-41-30)17-32(44)43-31(15-22-12-26(37)18-27(38)13-22)33-28(8-5-11-40-33)23-6-4-7-24(16-23)34(39)45/h4-14,16,18,20,31,41H,15,17,19H2,1-3H3,(H2,39,45)(H,42,46)(H,43,44)/t31-/m0/s1. The van der Waals surface area contributed by atoms with Crippen LogP contribution in [-0.2, 0) is 28.9 Å². The minimum Gasteiger partial charge on any atom is -0.444 e. The summed E-state index contributed by atoms with van der Waals surface area (Å²) in [6.45, 7) is 5.58. The second-order valence-electron chi connectivity index (χ2n) is 12.2. The van der Waals surface area contributed by atoms with E-state index in [4.69, 9.17) is 10.5 Å². The number of nitrogens with zero attached hydrogens (tertiary/aromatic N) is 1. The lowest BCUT2D eigenvalue weighted by atomic mass is 9.94. The van der Waals surface area contributed by atoms with Gasteiger partial charge in [-0.3, -0.25) is 14.6 Å². The molecule has 0 spiro atoms. The number of rotatable bonds is 10. The number of nitrogens with one attached hydrogen (secondary N) is 3. The number of carbonyl (C=O) groups is 3. The highest BCUT2D eigenvalue weighted by atomic mass is 19.1. The molecule has 2 heterocycles. The van der Waals surface area contributed by atoms with Crippen LogP contribution in [0.3, 0.4) is 0 Å². The van der Waals surface area contributed by atoms with Crippen molar-refractivity contribution in [2.45, 2.75) is 51.8 Å². The van der Waals surface area contributed by atoms with E-state index < -0.39 is 35.3 Å². The highest BCUT2D eigenvalue weighted by Crippen LogP contribution is 2.30. The predicted octanol–water partition coefficient (Wildman–Crippen LogP) is 6.27. The zero-order valence-electron chi connectivity index (χ0n) is 26.2. The Kier molecular flexibility index (Phi) is 9.64. The molecule has 0 aliphatic carbocycles. The largest absolute Gasteiger partial charge is 0.444 e. The maximum absolute atomic E-state index is 14.2. The van der Waals surface area contributed by atoms with Gasteiger partial charge in [-0.05, 0) is 91.9 Å². The number of aromatic nitrogens is 2. The number of hydrogen-bond donors (Lipinski definition) is 4. The first kappa shape index (κ1) is 32.8. The number of H-pyrrole nitrogens is 1. The Morgan fingerprint density at radius 2 is 1.72 bits per heavy atom. The summed E-state index contributed by atoms with van der Waals surface area (Å²) in [7, 11) is 0. The van der Waals surface area contributed by atoms with Gasteiger partial charge >= 0.3 is 6.09 Å². The normalized spacial score (nSPS) is 12.0. The average molecular weight is 640 g/mol. The monoisotopic (exact) mass is 639 g/mol. The summed E-state index contributed by atoms with van der Waals surface area (Å²) in [4.78, 5) is 45.4. The molecule has 0 saturated carbocycles. The summed E-state index contributed by atoms with van der Waals surface area (Å²) in [5, 5.41) is 6.56. The van der Waals surface area contributed by atoms with Crippen molar-refractivity contribution in [3.63, 3.8) is 0 Å². The van der Waals surface area contributed by atoms with E-state index in [1.807, 2.05) is 18.2 Å². The molecule has 0 aliphatic heterocycles. The third-order valence-corrected chi connectivity index (χ3v) is 7.34.